The van der Waals surface area contributed by atoms with Crippen molar-refractivity contribution in [2.75, 3.05) is 33.3 Å². The van der Waals surface area contributed by atoms with Crippen molar-refractivity contribution in [2.24, 2.45) is 0 Å². The van der Waals surface area contributed by atoms with Crippen molar-refractivity contribution < 1.29 is 14.3 Å². The van der Waals surface area contributed by atoms with Gasteiger partial charge < -0.3 is 14.5 Å². The minimum absolute atomic E-state index is 0.0352. The summed E-state index contributed by atoms with van der Waals surface area (Å²) in [5.41, 5.74) is 2.22. The van der Waals surface area contributed by atoms with E-state index in [1.165, 1.54) is 11.3 Å². The first-order valence-corrected chi connectivity index (χ1v) is 11.1. The Labute approximate surface area is 190 Å². The van der Waals surface area contributed by atoms with Gasteiger partial charge in [-0.15, -0.1) is 11.3 Å². The van der Waals surface area contributed by atoms with Crippen molar-refractivity contribution in [2.45, 2.75) is 6.92 Å². The number of methoxy groups -OCH3 is 1. The third-order valence-corrected chi connectivity index (χ3v) is 6.68. The Morgan fingerprint density at radius 3 is 2.26 bits per heavy atom. The molecule has 160 valence electrons. The van der Waals surface area contributed by atoms with Gasteiger partial charge in [-0.2, -0.15) is 0 Å². The molecule has 0 bridgehead atoms. The van der Waals surface area contributed by atoms with Crippen molar-refractivity contribution in [1.82, 2.24) is 14.8 Å². The van der Waals surface area contributed by atoms with Gasteiger partial charge in [-0.1, -0.05) is 23.7 Å². The molecule has 0 radical (unpaired) electrons. The molecule has 1 aliphatic rings. The number of aromatic nitrogens is 1. The van der Waals surface area contributed by atoms with Crippen LogP contribution in [0.1, 0.15) is 25.7 Å². The molecule has 2 amide bonds. The van der Waals surface area contributed by atoms with Crippen molar-refractivity contribution in [3.05, 3.63) is 69.7 Å². The number of hydrogen-bond donors (Lipinski definition) is 0. The number of piperazine rings is 1. The van der Waals surface area contributed by atoms with E-state index in [2.05, 4.69) is 4.98 Å². The predicted molar refractivity (Wildman–Crippen MR) is 122 cm³/mol. The number of amides is 2. The Hall–Kier alpha value is -2.90. The Bertz CT molecular complexity index is 1110. The van der Waals surface area contributed by atoms with Gasteiger partial charge in [0.15, 0.2) is 0 Å². The molecule has 4 rings (SSSR count). The maximum Gasteiger partial charge on any atom is 0.265 e. The van der Waals surface area contributed by atoms with E-state index in [0.29, 0.717) is 53.1 Å². The fourth-order valence-corrected chi connectivity index (χ4v) is 4.73. The van der Waals surface area contributed by atoms with Gasteiger partial charge >= 0.3 is 0 Å². The van der Waals surface area contributed by atoms with Crippen LogP contribution in [-0.4, -0.2) is 59.9 Å². The Balaban J connectivity index is 1.42. The highest BCUT2D eigenvalue weighted by atomic mass is 35.5. The van der Waals surface area contributed by atoms with Crippen LogP contribution in [0.15, 0.2) is 48.5 Å². The summed E-state index contributed by atoms with van der Waals surface area (Å²) in [6.45, 7) is 3.82. The van der Waals surface area contributed by atoms with Crippen LogP contribution in [-0.2, 0) is 0 Å². The molecule has 0 saturated carbocycles. The molecule has 2 aromatic carbocycles. The predicted octanol–water partition coefficient (Wildman–Crippen LogP) is 4.38. The Morgan fingerprint density at radius 2 is 1.65 bits per heavy atom. The number of ether oxygens (including phenoxy) is 1. The van der Waals surface area contributed by atoms with Gasteiger partial charge in [-0.3, -0.25) is 9.59 Å². The van der Waals surface area contributed by atoms with Crippen LogP contribution < -0.4 is 4.74 Å². The molecular formula is C23H22ClN3O3S. The molecule has 2 heterocycles. The average Bonchev–Trinajstić information content (AvgIpc) is 3.20. The molecule has 8 heteroatoms. The first kappa shape index (κ1) is 21.3. The smallest absolute Gasteiger partial charge is 0.265 e. The lowest BCUT2D eigenvalue weighted by atomic mass is 10.1. The highest BCUT2D eigenvalue weighted by Crippen LogP contribution is 2.30. The van der Waals surface area contributed by atoms with E-state index in [1.54, 1.807) is 41.2 Å². The Kier molecular flexibility index (Phi) is 6.25. The van der Waals surface area contributed by atoms with E-state index < -0.39 is 0 Å². The number of carbonyl (C=O) groups is 2. The first-order valence-electron chi connectivity index (χ1n) is 9.92. The lowest BCUT2D eigenvalue weighted by molar-refractivity contribution is 0.0537. The van der Waals surface area contributed by atoms with Gasteiger partial charge in [0.25, 0.3) is 11.8 Å². The average molecular weight is 456 g/mol. The molecule has 3 aromatic rings. The normalized spacial score (nSPS) is 13.9. The zero-order chi connectivity index (χ0) is 22.0. The number of benzene rings is 2. The third kappa shape index (κ3) is 4.57. The number of carbonyl (C=O) groups excluding carboxylic acids is 2. The number of nitrogens with zero attached hydrogens (tertiary/aromatic N) is 3. The van der Waals surface area contributed by atoms with Crippen LogP contribution in [0.25, 0.3) is 10.6 Å². The minimum atomic E-state index is -0.0418. The van der Waals surface area contributed by atoms with Crippen LogP contribution in [0.3, 0.4) is 0 Å². The van der Waals surface area contributed by atoms with Gasteiger partial charge in [-0.25, -0.2) is 4.98 Å². The largest absolute Gasteiger partial charge is 0.497 e. The summed E-state index contributed by atoms with van der Waals surface area (Å²) in [6, 6.07) is 14.5. The molecule has 1 fully saturated rings. The number of hydrogen-bond acceptors (Lipinski definition) is 5. The Morgan fingerprint density at radius 1 is 1.00 bits per heavy atom. The van der Waals surface area contributed by atoms with E-state index in [-0.39, 0.29) is 11.8 Å². The van der Waals surface area contributed by atoms with E-state index >= 15 is 0 Å². The lowest BCUT2D eigenvalue weighted by Crippen LogP contribution is -2.50. The van der Waals surface area contributed by atoms with Crippen molar-refractivity contribution in [3.63, 3.8) is 0 Å². The van der Waals surface area contributed by atoms with Gasteiger partial charge in [0.05, 0.1) is 12.8 Å². The summed E-state index contributed by atoms with van der Waals surface area (Å²) in [4.78, 5) is 34.6. The third-order valence-electron chi connectivity index (χ3n) is 5.25. The second-order valence-corrected chi connectivity index (χ2v) is 8.69. The van der Waals surface area contributed by atoms with Crippen LogP contribution in [0.5, 0.6) is 5.75 Å². The fraction of sp³-hybridized carbons (Fsp3) is 0.261. The van der Waals surface area contributed by atoms with Crippen molar-refractivity contribution in [1.29, 1.82) is 0 Å². The molecular weight excluding hydrogens is 434 g/mol. The van der Waals surface area contributed by atoms with Gasteiger partial charge in [0.1, 0.15) is 15.6 Å². The topological polar surface area (TPSA) is 62.7 Å². The molecule has 1 aliphatic heterocycles. The summed E-state index contributed by atoms with van der Waals surface area (Å²) in [5.74, 6) is 0.635. The standard InChI is InChI=1S/C23H22ClN3O3S/c1-15-20(31-21(25-15)17-4-3-5-18(24)14-17)23(29)27-12-10-26(11-13-27)22(28)16-6-8-19(30-2)9-7-16/h3-9,14H,10-13H2,1-2H3. The molecule has 0 atom stereocenters. The van der Waals surface area contributed by atoms with Crippen molar-refractivity contribution >= 4 is 34.8 Å². The van der Waals surface area contributed by atoms with E-state index in [4.69, 9.17) is 16.3 Å². The quantitative estimate of drug-likeness (QED) is 0.585. The summed E-state index contributed by atoms with van der Waals surface area (Å²) in [7, 11) is 1.59. The van der Waals surface area contributed by atoms with Crippen molar-refractivity contribution in [3.8, 4) is 16.3 Å². The molecule has 31 heavy (non-hydrogen) atoms. The SMILES string of the molecule is COc1ccc(C(=O)N2CCN(C(=O)c3sc(-c4cccc(Cl)c4)nc3C)CC2)cc1. The maximum absolute atomic E-state index is 13.1. The summed E-state index contributed by atoms with van der Waals surface area (Å²) in [6.07, 6.45) is 0. The molecule has 0 unspecified atom stereocenters. The first-order chi connectivity index (χ1) is 15.0. The molecule has 0 aliphatic carbocycles. The summed E-state index contributed by atoms with van der Waals surface area (Å²) in [5, 5.41) is 1.41. The number of aryl methyl sites for hydroxylation is 1. The van der Waals surface area contributed by atoms with Crippen LogP contribution in [0.2, 0.25) is 5.02 Å². The molecule has 6 nitrogen and oxygen atoms in total. The highest BCUT2D eigenvalue weighted by Gasteiger charge is 2.28. The molecule has 1 saturated heterocycles. The lowest BCUT2D eigenvalue weighted by Gasteiger charge is -2.34. The van der Waals surface area contributed by atoms with Crippen LogP contribution in [0.4, 0.5) is 0 Å². The van der Waals surface area contributed by atoms with Crippen LogP contribution >= 0.6 is 22.9 Å². The molecule has 0 spiro atoms. The highest BCUT2D eigenvalue weighted by molar-refractivity contribution is 7.17. The van der Waals surface area contributed by atoms with Gasteiger partial charge in [-0.05, 0) is 43.3 Å². The summed E-state index contributed by atoms with van der Waals surface area (Å²) < 4.78 is 5.14. The number of thiazole rings is 1. The zero-order valence-electron chi connectivity index (χ0n) is 17.3. The molecule has 0 N–H and O–H groups in total. The second kappa shape index (κ2) is 9.08. The molecule has 1 aromatic heterocycles. The number of halogens is 1. The monoisotopic (exact) mass is 455 g/mol. The van der Waals surface area contributed by atoms with Crippen LogP contribution in [0, 0.1) is 6.92 Å². The second-order valence-electron chi connectivity index (χ2n) is 7.26. The van der Waals surface area contributed by atoms with E-state index in [1.807, 2.05) is 31.2 Å². The van der Waals surface area contributed by atoms with E-state index in [9.17, 15) is 9.59 Å². The zero-order valence-corrected chi connectivity index (χ0v) is 18.9. The fourth-order valence-electron chi connectivity index (χ4n) is 3.51. The van der Waals surface area contributed by atoms with Gasteiger partial charge in [0.2, 0.25) is 0 Å². The summed E-state index contributed by atoms with van der Waals surface area (Å²) >= 11 is 7.46. The minimum Gasteiger partial charge on any atom is -0.497 e. The van der Waals surface area contributed by atoms with Gasteiger partial charge in [0, 0.05) is 42.3 Å². The van der Waals surface area contributed by atoms with E-state index in [0.717, 1.165) is 10.6 Å². The number of rotatable bonds is 4. The maximum atomic E-state index is 13.1.